The first kappa shape index (κ1) is 10.5. The van der Waals surface area contributed by atoms with Gasteiger partial charge in [-0.1, -0.05) is 23.7 Å². The summed E-state index contributed by atoms with van der Waals surface area (Å²) < 4.78 is 0.323. The van der Waals surface area contributed by atoms with Gasteiger partial charge in [0.1, 0.15) is 0 Å². The molecule has 0 aliphatic heterocycles. The zero-order chi connectivity index (χ0) is 12.0. The average molecular weight is 263 g/mol. The molecule has 0 saturated carbocycles. The fourth-order valence-electron chi connectivity index (χ4n) is 1.90. The highest BCUT2D eigenvalue weighted by molar-refractivity contribution is 7.71. The Morgan fingerprint density at radius 3 is 2.76 bits per heavy atom. The van der Waals surface area contributed by atoms with E-state index in [0.717, 1.165) is 10.8 Å². The number of benzene rings is 2. The van der Waals surface area contributed by atoms with Crippen LogP contribution in [0.25, 0.3) is 21.7 Å². The number of aromatic amines is 2. The Kier molecular flexibility index (Phi) is 2.28. The molecule has 3 nitrogen and oxygen atoms in total. The van der Waals surface area contributed by atoms with E-state index in [9.17, 15) is 4.79 Å². The van der Waals surface area contributed by atoms with Crippen LogP contribution in [0.15, 0.2) is 35.1 Å². The lowest BCUT2D eigenvalue weighted by molar-refractivity contribution is 1.14. The van der Waals surface area contributed by atoms with E-state index in [-0.39, 0.29) is 5.56 Å². The van der Waals surface area contributed by atoms with Crippen molar-refractivity contribution in [3.05, 3.63) is 50.5 Å². The minimum atomic E-state index is -0.203. The van der Waals surface area contributed by atoms with Crippen LogP contribution in [0.5, 0.6) is 0 Å². The molecule has 3 rings (SSSR count). The van der Waals surface area contributed by atoms with Crippen molar-refractivity contribution in [3.63, 3.8) is 0 Å². The molecule has 0 atom stereocenters. The lowest BCUT2D eigenvalue weighted by Gasteiger charge is -2.03. The van der Waals surface area contributed by atoms with Gasteiger partial charge < -0.3 is 4.98 Å². The van der Waals surface area contributed by atoms with Crippen molar-refractivity contribution in [2.24, 2.45) is 0 Å². The number of fused-ring (bicyclic) bond motifs is 2. The summed E-state index contributed by atoms with van der Waals surface area (Å²) in [7, 11) is 0. The largest absolute Gasteiger partial charge is 0.332 e. The number of halogens is 1. The molecule has 2 N–H and O–H groups in total. The Balaban J connectivity index is 2.62. The van der Waals surface area contributed by atoms with E-state index < -0.39 is 0 Å². The van der Waals surface area contributed by atoms with Gasteiger partial charge in [-0.05, 0) is 35.8 Å². The number of nitrogens with one attached hydrogen (secondary N) is 2. The Morgan fingerprint density at radius 1 is 1.12 bits per heavy atom. The Bertz CT molecular complexity index is 850. The molecule has 3 aromatic rings. The molecular weight excluding hydrogens is 256 g/mol. The van der Waals surface area contributed by atoms with Gasteiger partial charge in [0, 0.05) is 10.4 Å². The normalized spacial score (nSPS) is 11.1. The molecule has 1 heterocycles. The monoisotopic (exact) mass is 262 g/mol. The molecule has 1 aromatic heterocycles. The van der Waals surface area contributed by atoms with Crippen LogP contribution in [-0.4, -0.2) is 9.97 Å². The molecule has 0 spiro atoms. The van der Waals surface area contributed by atoms with Crippen molar-refractivity contribution in [1.29, 1.82) is 0 Å². The Hall–Kier alpha value is -1.65. The molecule has 0 amide bonds. The van der Waals surface area contributed by atoms with E-state index in [1.807, 2.05) is 18.2 Å². The summed E-state index contributed by atoms with van der Waals surface area (Å²) in [5, 5.41) is 3.02. The molecule has 0 radical (unpaired) electrons. The van der Waals surface area contributed by atoms with Crippen LogP contribution in [0, 0.1) is 4.77 Å². The summed E-state index contributed by atoms with van der Waals surface area (Å²) in [6.07, 6.45) is 0. The molecule has 0 unspecified atom stereocenters. The van der Waals surface area contributed by atoms with Crippen LogP contribution in [0.3, 0.4) is 0 Å². The van der Waals surface area contributed by atoms with Crippen LogP contribution in [0.1, 0.15) is 0 Å². The molecule has 0 saturated heterocycles. The van der Waals surface area contributed by atoms with E-state index in [1.165, 1.54) is 0 Å². The second kappa shape index (κ2) is 3.68. The fourth-order valence-corrected chi connectivity index (χ4v) is 2.34. The molecule has 0 fully saturated rings. The number of aromatic nitrogens is 2. The fraction of sp³-hybridized carbons (Fsp3) is 0. The third kappa shape index (κ3) is 1.66. The lowest BCUT2D eigenvalue weighted by atomic mass is 10.1. The van der Waals surface area contributed by atoms with Gasteiger partial charge in [0.05, 0.1) is 10.9 Å². The van der Waals surface area contributed by atoms with E-state index in [2.05, 4.69) is 9.97 Å². The third-order valence-electron chi connectivity index (χ3n) is 2.69. The highest BCUT2D eigenvalue weighted by Gasteiger charge is 2.04. The second-order valence-corrected chi connectivity index (χ2v) is 4.58. The van der Waals surface area contributed by atoms with Crippen molar-refractivity contribution in [2.45, 2.75) is 0 Å². The predicted molar refractivity (Wildman–Crippen MR) is 72.3 cm³/mol. The maximum absolute atomic E-state index is 11.8. The minimum Gasteiger partial charge on any atom is -0.332 e. The molecule has 5 heteroatoms. The van der Waals surface area contributed by atoms with Crippen molar-refractivity contribution in [3.8, 4) is 0 Å². The number of rotatable bonds is 0. The summed E-state index contributed by atoms with van der Waals surface area (Å²) in [5.74, 6) is 0. The standard InChI is InChI=1S/C12H7ClN2OS/c13-9-3-1-2-6-4-10-8(5-7(6)9)11(16)15-12(17)14-10/h1-5H,(H2,14,15,16,17). The summed E-state index contributed by atoms with van der Waals surface area (Å²) in [4.78, 5) is 17.3. The van der Waals surface area contributed by atoms with Crippen LogP contribution in [0.4, 0.5) is 0 Å². The molecule has 0 aliphatic rings. The van der Waals surface area contributed by atoms with Crippen molar-refractivity contribution in [1.82, 2.24) is 9.97 Å². The molecule has 0 aliphatic carbocycles. The molecular formula is C12H7ClN2OS. The number of H-pyrrole nitrogens is 2. The first-order valence-electron chi connectivity index (χ1n) is 5.00. The van der Waals surface area contributed by atoms with Crippen LogP contribution in [-0.2, 0) is 0 Å². The quantitative estimate of drug-likeness (QED) is 0.482. The highest BCUT2D eigenvalue weighted by Crippen LogP contribution is 2.25. The van der Waals surface area contributed by atoms with E-state index in [4.69, 9.17) is 23.8 Å². The van der Waals surface area contributed by atoms with Crippen LogP contribution in [0.2, 0.25) is 5.02 Å². The predicted octanol–water partition coefficient (Wildman–Crippen LogP) is 3.39. The summed E-state index contributed by atoms with van der Waals surface area (Å²) in [6.45, 7) is 0. The van der Waals surface area contributed by atoms with E-state index >= 15 is 0 Å². The first-order valence-corrected chi connectivity index (χ1v) is 5.78. The SMILES string of the molecule is O=c1[nH]c(=S)[nH]c2cc3cccc(Cl)c3cc12. The maximum atomic E-state index is 11.8. The van der Waals surface area contributed by atoms with Gasteiger partial charge in [-0.2, -0.15) is 0 Å². The smallest absolute Gasteiger partial charge is 0.259 e. The Morgan fingerprint density at radius 2 is 1.94 bits per heavy atom. The maximum Gasteiger partial charge on any atom is 0.259 e. The van der Waals surface area contributed by atoms with Crippen molar-refractivity contribution < 1.29 is 0 Å². The molecule has 84 valence electrons. The zero-order valence-corrected chi connectivity index (χ0v) is 10.2. The number of hydrogen-bond acceptors (Lipinski definition) is 2. The highest BCUT2D eigenvalue weighted by atomic mass is 35.5. The topological polar surface area (TPSA) is 48.6 Å². The summed E-state index contributed by atoms with van der Waals surface area (Å²) in [5.41, 5.74) is 0.513. The third-order valence-corrected chi connectivity index (χ3v) is 3.22. The molecule has 17 heavy (non-hydrogen) atoms. The van der Waals surface area contributed by atoms with E-state index in [0.29, 0.717) is 20.7 Å². The van der Waals surface area contributed by atoms with Crippen LogP contribution >= 0.6 is 23.8 Å². The Labute approximate surface area is 106 Å². The summed E-state index contributed by atoms with van der Waals surface area (Å²) in [6, 6.07) is 9.27. The first-order chi connectivity index (χ1) is 8.15. The average Bonchev–Trinajstić information content (AvgIpc) is 2.27. The molecule has 2 aromatic carbocycles. The minimum absolute atomic E-state index is 0.203. The van der Waals surface area contributed by atoms with Gasteiger partial charge in [0.25, 0.3) is 5.56 Å². The zero-order valence-electron chi connectivity index (χ0n) is 8.58. The van der Waals surface area contributed by atoms with Gasteiger partial charge in [0.15, 0.2) is 4.77 Å². The van der Waals surface area contributed by atoms with Gasteiger partial charge in [0.2, 0.25) is 0 Å². The molecule has 0 bridgehead atoms. The second-order valence-electron chi connectivity index (χ2n) is 3.77. The van der Waals surface area contributed by atoms with Crippen molar-refractivity contribution >= 4 is 45.5 Å². The number of hydrogen-bond donors (Lipinski definition) is 2. The van der Waals surface area contributed by atoms with Gasteiger partial charge >= 0.3 is 0 Å². The van der Waals surface area contributed by atoms with Gasteiger partial charge in [-0.15, -0.1) is 0 Å². The summed E-state index contributed by atoms with van der Waals surface area (Å²) >= 11 is 11.0. The van der Waals surface area contributed by atoms with Crippen LogP contribution < -0.4 is 5.56 Å². The lowest BCUT2D eigenvalue weighted by Crippen LogP contribution is -2.07. The van der Waals surface area contributed by atoms with Gasteiger partial charge in [-0.3, -0.25) is 9.78 Å². The van der Waals surface area contributed by atoms with E-state index in [1.54, 1.807) is 12.1 Å². The van der Waals surface area contributed by atoms with Crippen molar-refractivity contribution in [2.75, 3.05) is 0 Å². The van der Waals surface area contributed by atoms with Gasteiger partial charge in [-0.25, -0.2) is 0 Å².